The van der Waals surface area contributed by atoms with Crippen molar-refractivity contribution in [3.8, 4) is 22.4 Å². The van der Waals surface area contributed by atoms with Gasteiger partial charge in [0, 0.05) is 29.2 Å². The predicted octanol–water partition coefficient (Wildman–Crippen LogP) is 7.91. The normalized spacial score (nSPS) is 15.8. The van der Waals surface area contributed by atoms with Crippen molar-refractivity contribution >= 4 is 34.7 Å². The third kappa shape index (κ3) is 9.29. The molecule has 1 aromatic heterocycles. The maximum Gasteiger partial charge on any atom is 0.350 e. The molecule has 1 atom stereocenters. The fourth-order valence-corrected chi connectivity index (χ4v) is 5.84. The van der Waals surface area contributed by atoms with E-state index in [0.717, 1.165) is 24.3 Å². The number of aromatic nitrogens is 1. The highest BCUT2D eigenvalue weighted by Crippen LogP contribution is 2.34. The van der Waals surface area contributed by atoms with Crippen LogP contribution in [0.1, 0.15) is 64.9 Å². The number of carbonyl (C=O) groups excluding carboxylic acids is 2. The van der Waals surface area contributed by atoms with E-state index < -0.39 is 11.4 Å². The van der Waals surface area contributed by atoms with E-state index in [1.165, 1.54) is 11.3 Å². The van der Waals surface area contributed by atoms with Crippen LogP contribution in [0.15, 0.2) is 66.5 Å². The average molecular weight is 662 g/mol. The number of thiazole rings is 1. The number of nitrogens with zero attached hydrogens (tertiary/aromatic N) is 3. The van der Waals surface area contributed by atoms with Crippen molar-refractivity contribution in [1.29, 1.82) is 5.26 Å². The molecular formula is C36H40ClN3O5S. The number of benzene rings is 2. The summed E-state index contributed by atoms with van der Waals surface area (Å²) in [5.41, 5.74) is 1.80. The predicted molar refractivity (Wildman–Crippen MR) is 181 cm³/mol. The molecule has 1 aliphatic carbocycles. The van der Waals surface area contributed by atoms with Crippen molar-refractivity contribution in [3.05, 3.63) is 93.2 Å². The summed E-state index contributed by atoms with van der Waals surface area (Å²) in [7, 11) is 1.97. The monoisotopic (exact) mass is 661 g/mol. The van der Waals surface area contributed by atoms with Gasteiger partial charge in [-0.1, -0.05) is 31.5 Å². The van der Waals surface area contributed by atoms with Gasteiger partial charge >= 0.3 is 5.97 Å². The molecule has 2 aromatic carbocycles. The molecule has 0 bridgehead atoms. The molecule has 8 nitrogen and oxygen atoms in total. The summed E-state index contributed by atoms with van der Waals surface area (Å²) in [6.45, 7) is 10.5. The summed E-state index contributed by atoms with van der Waals surface area (Å²) in [6.07, 6.45) is 7.10. The molecule has 46 heavy (non-hydrogen) atoms. The van der Waals surface area contributed by atoms with E-state index >= 15 is 0 Å². The summed E-state index contributed by atoms with van der Waals surface area (Å²) in [6, 6.07) is 14.5. The topological polar surface area (TPSA) is 102 Å². The molecule has 0 saturated carbocycles. The number of likely N-dealkylation sites (N-methyl/N-ethyl adjacent to an activating group) is 1. The number of hydrogen-bond acceptors (Lipinski definition) is 9. The van der Waals surface area contributed by atoms with E-state index in [2.05, 4.69) is 16.0 Å². The molecule has 0 saturated heterocycles. The number of hydrogen-bond donors (Lipinski definition) is 0. The summed E-state index contributed by atoms with van der Waals surface area (Å²) in [4.78, 5) is 32.9. The van der Waals surface area contributed by atoms with Crippen molar-refractivity contribution in [2.45, 2.75) is 40.5 Å². The van der Waals surface area contributed by atoms with Gasteiger partial charge in [-0.25, -0.2) is 9.78 Å². The van der Waals surface area contributed by atoms with Crippen LogP contribution >= 0.6 is 22.9 Å². The molecule has 1 heterocycles. The first-order chi connectivity index (χ1) is 22.0. The molecule has 10 heteroatoms. The molecular weight excluding hydrogens is 622 g/mol. The zero-order valence-corrected chi connectivity index (χ0v) is 28.5. The van der Waals surface area contributed by atoms with Crippen molar-refractivity contribution < 1.29 is 23.8 Å². The number of nitriles is 1. The van der Waals surface area contributed by atoms with E-state index in [-0.39, 0.29) is 12.4 Å². The minimum Gasteiger partial charge on any atom is -0.494 e. The standard InChI is InChI=1S/C36H40ClN3O5S/c1-24(2)23-45-31-12-9-27(21-28(31)22-38)34-39-25(3)32(46-34)35(42)44-20-18-40(5)17-6-19-43-30-13-15-36(4,16-14-30)33(41)26-7-10-29(37)11-8-26/h7-15,21,24H,6,16-20,23H2,1-5H3. The van der Waals surface area contributed by atoms with Gasteiger partial charge in [0.1, 0.15) is 34.1 Å². The number of carbonyl (C=O) groups is 2. The van der Waals surface area contributed by atoms with E-state index in [1.54, 1.807) is 43.3 Å². The van der Waals surface area contributed by atoms with Crippen molar-refractivity contribution in [2.75, 3.05) is 40.0 Å². The van der Waals surface area contributed by atoms with Crippen LogP contribution in [-0.2, 0) is 9.47 Å². The number of ketones is 1. The van der Waals surface area contributed by atoms with Gasteiger partial charge in [0.2, 0.25) is 0 Å². The number of ether oxygens (including phenoxy) is 3. The fraction of sp³-hybridized carbons (Fsp3) is 0.389. The third-order valence-corrected chi connectivity index (χ3v) is 8.97. The van der Waals surface area contributed by atoms with Gasteiger partial charge in [0.05, 0.1) is 29.9 Å². The van der Waals surface area contributed by atoms with Crippen LogP contribution in [0.2, 0.25) is 5.02 Å². The van der Waals surface area contributed by atoms with Crippen LogP contribution in [0.5, 0.6) is 5.75 Å². The van der Waals surface area contributed by atoms with Crippen molar-refractivity contribution in [2.24, 2.45) is 11.3 Å². The number of Topliss-reactive ketones (excluding diaryl/α,β-unsaturated/α-hetero) is 1. The van der Waals surface area contributed by atoms with Crippen molar-refractivity contribution in [3.63, 3.8) is 0 Å². The van der Waals surface area contributed by atoms with Crippen LogP contribution in [0, 0.1) is 29.6 Å². The third-order valence-electron chi connectivity index (χ3n) is 7.53. The van der Waals surface area contributed by atoms with E-state index in [9.17, 15) is 14.9 Å². The van der Waals surface area contributed by atoms with E-state index in [1.807, 2.05) is 52.1 Å². The zero-order valence-electron chi connectivity index (χ0n) is 27.0. The molecule has 1 aliphatic rings. The first-order valence-electron chi connectivity index (χ1n) is 15.3. The second-order valence-electron chi connectivity index (χ2n) is 12.0. The summed E-state index contributed by atoms with van der Waals surface area (Å²) < 4.78 is 17.2. The molecule has 0 amide bonds. The fourth-order valence-electron chi connectivity index (χ4n) is 4.76. The molecule has 0 spiro atoms. The van der Waals surface area contributed by atoms with Crippen LogP contribution in [0.25, 0.3) is 10.6 Å². The van der Waals surface area contributed by atoms with Gasteiger partial charge in [0.15, 0.2) is 5.78 Å². The number of esters is 1. The van der Waals surface area contributed by atoms with Crippen LogP contribution < -0.4 is 4.74 Å². The van der Waals surface area contributed by atoms with Gasteiger partial charge in [-0.15, -0.1) is 11.3 Å². The van der Waals surface area contributed by atoms with Gasteiger partial charge in [-0.3, -0.25) is 4.79 Å². The second-order valence-corrected chi connectivity index (χ2v) is 13.4. The van der Waals surface area contributed by atoms with Gasteiger partial charge in [-0.05, 0) is 94.3 Å². The largest absolute Gasteiger partial charge is 0.494 e. The number of halogens is 1. The molecule has 242 valence electrons. The lowest BCUT2D eigenvalue weighted by molar-refractivity contribution is 0.0474. The Balaban J connectivity index is 1.17. The Morgan fingerprint density at radius 3 is 2.57 bits per heavy atom. The number of rotatable bonds is 15. The Bertz CT molecular complexity index is 1640. The summed E-state index contributed by atoms with van der Waals surface area (Å²) in [5, 5.41) is 10.8. The molecule has 0 aliphatic heterocycles. The van der Waals surface area contributed by atoms with Crippen molar-refractivity contribution in [1.82, 2.24) is 9.88 Å². The van der Waals surface area contributed by atoms with E-state index in [0.29, 0.717) is 69.6 Å². The highest BCUT2D eigenvalue weighted by atomic mass is 35.5. The van der Waals surface area contributed by atoms with E-state index in [4.69, 9.17) is 25.8 Å². The lowest BCUT2D eigenvalue weighted by atomic mass is 9.77. The quantitative estimate of drug-likeness (QED) is 0.0920. The SMILES string of the molecule is Cc1nc(-c2ccc(OCC(C)C)c(C#N)c2)sc1C(=O)OCCN(C)CCCOC1=CCC(C)(C(=O)c2ccc(Cl)cc2)C=C1. The lowest BCUT2D eigenvalue weighted by Crippen LogP contribution is -2.27. The lowest BCUT2D eigenvalue weighted by Gasteiger charge is -2.26. The second kappa shape index (κ2) is 16.0. The minimum atomic E-state index is -0.619. The highest BCUT2D eigenvalue weighted by Gasteiger charge is 2.32. The van der Waals surface area contributed by atoms with Crippen LogP contribution in [0.4, 0.5) is 0 Å². The Morgan fingerprint density at radius 2 is 1.89 bits per heavy atom. The zero-order chi connectivity index (χ0) is 33.3. The number of allylic oxidation sites excluding steroid dienone is 3. The molecule has 3 aromatic rings. The van der Waals surface area contributed by atoms with Crippen LogP contribution in [-0.4, -0.2) is 61.6 Å². The average Bonchev–Trinajstić information content (AvgIpc) is 3.44. The maximum atomic E-state index is 13.0. The Kier molecular flexibility index (Phi) is 12.2. The van der Waals surface area contributed by atoms with Gasteiger partial charge in [-0.2, -0.15) is 5.26 Å². The Hall–Kier alpha value is -3.97. The molecule has 0 radical (unpaired) electrons. The Morgan fingerprint density at radius 1 is 1.13 bits per heavy atom. The summed E-state index contributed by atoms with van der Waals surface area (Å²) >= 11 is 7.21. The molecule has 4 rings (SSSR count). The smallest absolute Gasteiger partial charge is 0.350 e. The highest BCUT2D eigenvalue weighted by molar-refractivity contribution is 7.17. The van der Waals surface area contributed by atoms with Gasteiger partial charge < -0.3 is 19.1 Å². The van der Waals surface area contributed by atoms with Crippen LogP contribution in [0.3, 0.4) is 0 Å². The molecule has 0 N–H and O–H groups in total. The summed E-state index contributed by atoms with van der Waals surface area (Å²) in [5.74, 6) is 1.29. The van der Waals surface area contributed by atoms with Gasteiger partial charge in [0.25, 0.3) is 0 Å². The number of aryl methyl sites for hydroxylation is 1. The maximum absolute atomic E-state index is 13.0. The Labute approximate surface area is 280 Å². The molecule has 0 fully saturated rings. The molecule has 1 unspecified atom stereocenters. The minimum absolute atomic E-state index is 0.0518. The first kappa shape index (κ1) is 34.9. The first-order valence-corrected chi connectivity index (χ1v) is 16.5.